The molecule has 160 valence electrons. The van der Waals surface area contributed by atoms with Crippen molar-refractivity contribution in [3.63, 3.8) is 0 Å². The second-order valence-electron chi connectivity index (χ2n) is 8.90. The zero-order chi connectivity index (χ0) is 19.7. The van der Waals surface area contributed by atoms with Crippen LogP contribution in [0.3, 0.4) is 0 Å². The Morgan fingerprint density at radius 2 is 1.75 bits per heavy atom. The number of nitrogens with one attached hydrogen (secondary N) is 3. The number of carbonyl (C=O) groups is 1. The zero-order valence-corrected chi connectivity index (χ0v) is 17.9. The Morgan fingerprint density at radius 3 is 2.43 bits per heavy atom. The summed E-state index contributed by atoms with van der Waals surface area (Å²) >= 11 is 0. The van der Waals surface area contributed by atoms with Gasteiger partial charge in [0.15, 0.2) is 5.96 Å². The summed E-state index contributed by atoms with van der Waals surface area (Å²) in [5, 5.41) is 9.90. The molecule has 0 unspecified atom stereocenters. The molecular formula is C22H41N5O. The molecule has 28 heavy (non-hydrogen) atoms. The summed E-state index contributed by atoms with van der Waals surface area (Å²) in [6.45, 7) is 7.16. The highest BCUT2D eigenvalue weighted by molar-refractivity contribution is 5.80. The molecule has 1 aliphatic heterocycles. The van der Waals surface area contributed by atoms with Crippen LogP contribution < -0.4 is 16.0 Å². The Kier molecular flexibility index (Phi) is 8.44. The normalized spacial score (nSPS) is 23.2. The average Bonchev–Trinajstić information content (AvgIpc) is 3.54. The van der Waals surface area contributed by atoms with Gasteiger partial charge in [0, 0.05) is 31.1 Å². The summed E-state index contributed by atoms with van der Waals surface area (Å²) in [6, 6.07) is 0.459. The van der Waals surface area contributed by atoms with Crippen LogP contribution >= 0.6 is 0 Å². The quantitative estimate of drug-likeness (QED) is 0.321. The highest BCUT2D eigenvalue weighted by Crippen LogP contribution is 2.35. The molecule has 3 fully saturated rings. The van der Waals surface area contributed by atoms with Crippen LogP contribution in [0.4, 0.5) is 0 Å². The number of aliphatic imine (C=N–C) groups is 1. The van der Waals surface area contributed by atoms with Gasteiger partial charge in [-0.3, -0.25) is 14.7 Å². The second kappa shape index (κ2) is 11.0. The lowest BCUT2D eigenvalue weighted by molar-refractivity contribution is -0.121. The van der Waals surface area contributed by atoms with E-state index in [9.17, 15) is 4.79 Å². The number of hydrogen-bond acceptors (Lipinski definition) is 3. The zero-order valence-electron chi connectivity index (χ0n) is 17.9. The van der Waals surface area contributed by atoms with E-state index < -0.39 is 0 Å². The molecule has 6 nitrogen and oxygen atoms in total. The molecule has 0 atom stereocenters. The molecule has 0 aromatic carbocycles. The van der Waals surface area contributed by atoms with E-state index in [0.717, 1.165) is 44.9 Å². The van der Waals surface area contributed by atoms with Gasteiger partial charge in [-0.25, -0.2) is 0 Å². The van der Waals surface area contributed by atoms with E-state index in [2.05, 4.69) is 27.8 Å². The van der Waals surface area contributed by atoms with E-state index in [-0.39, 0.29) is 11.4 Å². The van der Waals surface area contributed by atoms with E-state index in [1.54, 1.807) is 0 Å². The minimum absolute atomic E-state index is 0.192. The number of amides is 1. The number of hydrogen-bond donors (Lipinski definition) is 3. The molecule has 1 heterocycles. The summed E-state index contributed by atoms with van der Waals surface area (Å²) in [4.78, 5) is 19.6. The van der Waals surface area contributed by atoms with Gasteiger partial charge in [0.1, 0.15) is 0 Å². The number of piperidine rings is 1. The van der Waals surface area contributed by atoms with Crippen molar-refractivity contribution in [2.75, 3.05) is 32.7 Å². The van der Waals surface area contributed by atoms with Crippen LogP contribution in [0.2, 0.25) is 0 Å². The summed E-state index contributed by atoms with van der Waals surface area (Å²) < 4.78 is 0. The summed E-state index contributed by atoms with van der Waals surface area (Å²) in [6.07, 6.45) is 14.4. The highest BCUT2D eigenvalue weighted by Gasteiger charge is 2.38. The second-order valence-corrected chi connectivity index (χ2v) is 8.90. The predicted octanol–water partition coefficient (Wildman–Crippen LogP) is 2.79. The predicted molar refractivity (Wildman–Crippen MR) is 116 cm³/mol. The Bertz CT molecular complexity index is 505. The van der Waals surface area contributed by atoms with Gasteiger partial charge >= 0.3 is 0 Å². The molecule has 2 saturated carbocycles. The third-order valence-electron chi connectivity index (χ3n) is 6.50. The first-order valence-corrected chi connectivity index (χ1v) is 11.8. The van der Waals surface area contributed by atoms with Crippen molar-refractivity contribution in [1.82, 2.24) is 20.9 Å². The van der Waals surface area contributed by atoms with Gasteiger partial charge in [-0.2, -0.15) is 0 Å². The van der Waals surface area contributed by atoms with Crippen molar-refractivity contribution in [2.45, 2.75) is 95.6 Å². The Labute approximate surface area is 171 Å². The summed E-state index contributed by atoms with van der Waals surface area (Å²) in [7, 11) is 0. The smallest absolute Gasteiger partial charge is 0.220 e. The number of nitrogens with zero attached hydrogens (tertiary/aromatic N) is 2. The molecule has 3 rings (SSSR count). The number of guanidine groups is 1. The number of rotatable bonds is 9. The fourth-order valence-electron chi connectivity index (χ4n) is 4.70. The van der Waals surface area contributed by atoms with E-state index in [0.29, 0.717) is 12.5 Å². The number of carbonyl (C=O) groups excluding carboxylic acids is 1. The van der Waals surface area contributed by atoms with Crippen molar-refractivity contribution >= 4 is 11.9 Å². The van der Waals surface area contributed by atoms with Gasteiger partial charge in [0.2, 0.25) is 5.91 Å². The lowest BCUT2D eigenvalue weighted by Crippen LogP contribution is -2.54. The fourth-order valence-corrected chi connectivity index (χ4v) is 4.70. The van der Waals surface area contributed by atoms with Gasteiger partial charge in [0.05, 0.1) is 6.54 Å². The first-order valence-electron chi connectivity index (χ1n) is 11.8. The molecule has 1 saturated heterocycles. The van der Waals surface area contributed by atoms with Crippen LogP contribution in [0.1, 0.15) is 84.0 Å². The number of likely N-dealkylation sites (tertiary alicyclic amines) is 1. The van der Waals surface area contributed by atoms with Crippen LogP contribution in [0, 0.1) is 0 Å². The Balaban J connectivity index is 1.49. The maximum atomic E-state index is 11.8. The molecule has 0 aromatic heterocycles. The van der Waals surface area contributed by atoms with E-state index in [4.69, 9.17) is 4.99 Å². The maximum Gasteiger partial charge on any atom is 0.220 e. The van der Waals surface area contributed by atoms with E-state index in [1.807, 2.05) is 0 Å². The molecule has 6 heteroatoms. The van der Waals surface area contributed by atoms with Crippen molar-refractivity contribution in [3.05, 3.63) is 0 Å². The van der Waals surface area contributed by atoms with Gasteiger partial charge in [-0.15, -0.1) is 0 Å². The monoisotopic (exact) mass is 391 g/mol. The van der Waals surface area contributed by atoms with Gasteiger partial charge in [-0.05, 0) is 65.0 Å². The largest absolute Gasteiger partial charge is 0.357 e. The van der Waals surface area contributed by atoms with Gasteiger partial charge in [-0.1, -0.05) is 25.7 Å². The molecule has 0 spiro atoms. The molecule has 1 amide bonds. The van der Waals surface area contributed by atoms with Crippen LogP contribution in [0.5, 0.6) is 0 Å². The Morgan fingerprint density at radius 1 is 1.04 bits per heavy atom. The molecule has 2 aliphatic carbocycles. The highest BCUT2D eigenvalue weighted by atomic mass is 16.1. The summed E-state index contributed by atoms with van der Waals surface area (Å²) in [5.41, 5.74) is 0.269. The van der Waals surface area contributed by atoms with Gasteiger partial charge < -0.3 is 16.0 Å². The topological polar surface area (TPSA) is 68.8 Å². The average molecular weight is 392 g/mol. The van der Waals surface area contributed by atoms with Crippen molar-refractivity contribution in [3.8, 4) is 0 Å². The molecule has 3 aliphatic rings. The Hall–Kier alpha value is -1.30. The van der Waals surface area contributed by atoms with Crippen molar-refractivity contribution in [2.24, 2.45) is 4.99 Å². The van der Waals surface area contributed by atoms with Crippen LogP contribution in [0.15, 0.2) is 4.99 Å². The fraction of sp³-hybridized carbons (Fsp3) is 0.909. The van der Waals surface area contributed by atoms with Crippen LogP contribution in [0.25, 0.3) is 0 Å². The maximum absolute atomic E-state index is 11.8. The standard InChI is InChI=1S/C22H41N5O/c1-2-23-21(24-15-9-10-20(28)26-19-11-12-19)25-18-22(13-5-3-6-14-22)27-16-7-4-8-17-27/h19H,2-18H2,1H3,(H,26,28)(H2,23,24,25). The molecular weight excluding hydrogens is 350 g/mol. The SMILES string of the molecule is CCNC(=NCC1(N2CCCCC2)CCCCC1)NCCCC(=O)NC1CC1. The van der Waals surface area contributed by atoms with E-state index in [1.165, 1.54) is 64.5 Å². The first-order chi connectivity index (χ1) is 13.7. The van der Waals surface area contributed by atoms with Crippen molar-refractivity contribution in [1.29, 1.82) is 0 Å². The lowest BCUT2D eigenvalue weighted by atomic mass is 9.79. The molecule has 3 N–H and O–H groups in total. The minimum Gasteiger partial charge on any atom is -0.357 e. The first kappa shape index (κ1) is 21.4. The van der Waals surface area contributed by atoms with E-state index >= 15 is 0 Å². The molecule has 0 aromatic rings. The molecule has 0 radical (unpaired) electrons. The van der Waals surface area contributed by atoms with Gasteiger partial charge in [0.25, 0.3) is 0 Å². The van der Waals surface area contributed by atoms with Crippen LogP contribution in [-0.4, -0.2) is 61.1 Å². The van der Waals surface area contributed by atoms with Crippen LogP contribution in [-0.2, 0) is 4.79 Å². The molecule has 0 bridgehead atoms. The summed E-state index contributed by atoms with van der Waals surface area (Å²) in [5.74, 6) is 1.10. The lowest BCUT2D eigenvalue weighted by Gasteiger charge is -2.47. The third-order valence-corrected chi connectivity index (χ3v) is 6.50. The minimum atomic E-state index is 0.192. The van der Waals surface area contributed by atoms with Crippen molar-refractivity contribution < 1.29 is 4.79 Å². The third kappa shape index (κ3) is 6.64.